The number of carbonyl (C=O) groups excluding carboxylic acids is 2. The molecule has 0 bridgehead atoms. The standard InChI is InChI=1S/C22H21F3N2O4/c23-22(24,25)10-9-14-3-6-16(7-4-14)26-20(28)17-2-1-11-27(17)21(29)15-5-8-18-19(12-15)31-13-30-18/h3-8,12,17H,1-2,9-11,13H2,(H,26,28). The molecule has 164 valence electrons. The van der Waals surface area contributed by atoms with E-state index in [9.17, 15) is 22.8 Å². The first kappa shape index (κ1) is 21.0. The molecule has 1 fully saturated rings. The summed E-state index contributed by atoms with van der Waals surface area (Å²) >= 11 is 0. The van der Waals surface area contributed by atoms with Gasteiger partial charge in [-0.3, -0.25) is 9.59 Å². The molecule has 4 rings (SSSR count). The highest BCUT2D eigenvalue weighted by atomic mass is 19.4. The molecule has 1 N–H and O–H groups in total. The number of halogens is 3. The summed E-state index contributed by atoms with van der Waals surface area (Å²) in [6, 6.07) is 10.6. The molecule has 31 heavy (non-hydrogen) atoms. The smallest absolute Gasteiger partial charge is 0.389 e. The van der Waals surface area contributed by atoms with Crippen LogP contribution in [0.2, 0.25) is 0 Å². The van der Waals surface area contributed by atoms with Gasteiger partial charge >= 0.3 is 6.18 Å². The molecule has 2 heterocycles. The van der Waals surface area contributed by atoms with E-state index >= 15 is 0 Å². The van der Waals surface area contributed by atoms with Crippen molar-refractivity contribution in [3.05, 3.63) is 53.6 Å². The van der Waals surface area contributed by atoms with Crippen molar-refractivity contribution in [2.75, 3.05) is 18.7 Å². The van der Waals surface area contributed by atoms with Gasteiger partial charge in [0.25, 0.3) is 5.91 Å². The predicted molar refractivity (Wildman–Crippen MR) is 106 cm³/mol. The van der Waals surface area contributed by atoms with E-state index in [1.807, 2.05) is 0 Å². The van der Waals surface area contributed by atoms with E-state index in [2.05, 4.69) is 5.32 Å². The zero-order valence-corrected chi connectivity index (χ0v) is 16.6. The van der Waals surface area contributed by atoms with Crippen molar-refractivity contribution in [3.63, 3.8) is 0 Å². The first-order chi connectivity index (χ1) is 14.8. The van der Waals surface area contributed by atoms with Crippen molar-refractivity contribution >= 4 is 17.5 Å². The number of ether oxygens (including phenoxy) is 2. The topological polar surface area (TPSA) is 67.9 Å². The minimum Gasteiger partial charge on any atom is -0.454 e. The van der Waals surface area contributed by atoms with E-state index in [1.165, 1.54) is 4.90 Å². The van der Waals surface area contributed by atoms with Crippen molar-refractivity contribution in [2.24, 2.45) is 0 Å². The molecule has 2 amide bonds. The highest BCUT2D eigenvalue weighted by Crippen LogP contribution is 2.33. The lowest BCUT2D eigenvalue weighted by molar-refractivity contribution is -0.134. The van der Waals surface area contributed by atoms with Gasteiger partial charge in [-0.1, -0.05) is 12.1 Å². The number of nitrogens with zero attached hydrogens (tertiary/aromatic N) is 1. The summed E-state index contributed by atoms with van der Waals surface area (Å²) in [5.74, 6) is 0.482. The number of nitrogens with one attached hydrogen (secondary N) is 1. The number of hydrogen-bond acceptors (Lipinski definition) is 4. The van der Waals surface area contributed by atoms with Crippen LogP contribution in [0.4, 0.5) is 18.9 Å². The summed E-state index contributed by atoms with van der Waals surface area (Å²) in [5.41, 5.74) is 1.43. The molecule has 2 aliphatic heterocycles. The van der Waals surface area contributed by atoms with Crippen molar-refractivity contribution in [1.29, 1.82) is 0 Å². The third kappa shape index (κ3) is 4.92. The summed E-state index contributed by atoms with van der Waals surface area (Å²) in [7, 11) is 0. The van der Waals surface area contributed by atoms with Gasteiger partial charge in [0.1, 0.15) is 6.04 Å². The molecule has 6 nitrogen and oxygen atoms in total. The molecule has 9 heteroatoms. The van der Waals surface area contributed by atoms with E-state index in [4.69, 9.17) is 9.47 Å². The van der Waals surface area contributed by atoms with Crippen LogP contribution in [0.5, 0.6) is 11.5 Å². The molecule has 0 saturated carbocycles. The lowest BCUT2D eigenvalue weighted by Gasteiger charge is -2.24. The van der Waals surface area contributed by atoms with Crippen LogP contribution in [-0.4, -0.2) is 42.3 Å². The number of amides is 2. The Kier molecular flexibility index (Phi) is 5.75. The zero-order valence-electron chi connectivity index (χ0n) is 16.6. The van der Waals surface area contributed by atoms with Gasteiger partial charge < -0.3 is 19.7 Å². The molecule has 1 atom stereocenters. The van der Waals surface area contributed by atoms with Crippen molar-refractivity contribution in [2.45, 2.75) is 37.9 Å². The Morgan fingerprint density at radius 1 is 1.06 bits per heavy atom. The molecule has 0 spiro atoms. The summed E-state index contributed by atoms with van der Waals surface area (Å²) in [5, 5.41) is 2.76. The Morgan fingerprint density at radius 2 is 1.81 bits per heavy atom. The fourth-order valence-electron chi connectivity index (χ4n) is 3.74. The summed E-state index contributed by atoms with van der Waals surface area (Å²) in [6.45, 7) is 0.568. The van der Waals surface area contributed by atoms with Crippen LogP contribution >= 0.6 is 0 Å². The number of benzene rings is 2. The number of aryl methyl sites for hydroxylation is 1. The van der Waals surface area contributed by atoms with Crippen LogP contribution in [-0.2, 0) is 11.2 Å². The molecular formula is C22H21F3N2O4. The first-order valence-corrected chi connectivity index (χ1v) is 9.97. The average molecular weight is 434 g/mol. The van der Waals surface area contributed by atoms with Crippen LogP contribution in [0, 0.1) is 0 Å². The Bertz CT molecular complexity index is 976. The van der Waals surface area contributed by atoms with E-state index in [0.29, 0.717) is 47.7 Å². The molecule has 0 radical (unpaired) electrons. The number of carbonyl (C=O) groups is 2. The second kappa shape index (κ2) is 8.49. The van der Waals surface area contributed by atoms with Gasteiger partial charge in [0.15, 0.2) is 11.5 Å². The number of likely N-dealkylation sites (tertiary alicyclic amines) is 1. The van der Waals surface area contributed by atoms with Crippen molar-refractivity contribution in [1.82, 2.24) is 4.90 Å². The first-order valence-electron chi connectivity index (χ1n) is 9.97. The van der Waals surface area contributed by atoms with Crippen molar-refractivity contribution in [3.8, 4) is 11.5 Å². The van der Waals surface area contributed by atoms with E-state index in [0.717, 1.165) is 0 Å². The zero-order chi connectivity index (χ0) is 22.0. The largest absolute Gasteiger partial charge is 0.454 e. The Labute approximate surface area is 176 Å². The van der Waals surface area contributed by atoms with Crippen LogP contribution in [0.1, 0.15) is 35.2 Å². The molecule has 0 aromatic heterocycles. The minimum absolute atomic E-state index is 0.108. The number of rotatable bonds is 5. The number of alkyl halides is 3. The fourth-order valence-corrected chi connectivity index (χ4v) is 3.74. The molecular weight excluding hydrogens is 413 g/mol. The third-order valence-corrected chi connectivity index (χ3v) is 5.35. The van der Waals surface area contributed by atoms with E-state index in [-0.39, 0.29) is 25.0 Å². The lowest BCUT2D eigenvalue weighted by atomic mass is 10.1. The number of fused-ring (bicyclic) bond motifs is 1. The van der Waals surface area contributed by atoms with Gasteiger partial charge in [0, 0.05) is 24.2 Å². The summed E-state index contributed by atoms with van der Waals surface area (Å²) in [4.78, 5) is 27.3. The fraction of sp³-hybridized carbons (Fsp3) is 0.364. The van der Waals surface area contributed by atoms with Gasteiger partial charge in [-0.25, -0.2) is 0 Å². The van der Waals surface area contributed by atoms with Gasteiger partial charge in [0.05, 0.1) is 0 Å². The Hall–Kier alpha value is -3.23. The number of anilines is 1. The van der Waals surface area contributed by atoms with Crippen LogP contribution in [0.3, 0.4) is 0 Å². The summed E-state index contributed by atoms with van der Waals surface area (Å²) < 4.78 is 47.6. The van der Waals surface area contributed by atoms with Crippen LogP contribution in [0.15, 0.2) is 42.5 Å². The molecule has 2 aliphatic rings. The maximum atomic E-state index is 13.0. The summed E-state index contributed by atoms with van der Waals surface area (Å²) in [6.07, 6.45) is -3.98. The van der Waals surface area contributed by atoms with Gasteiger partial charge in [0.2, 0.25) is 12.7 Å². The molecule has 0 aliphatic carbocycles. The van der Waals surface area contributed by atoms with Gasteiger partial charge in [-0.05, 0) is 55.2 Å². The maximum absolute atomic E-state index is 13.0. The van der Waals surface area contributed by atoms with Crippen LogP contribution < -0.4 is 14.8 Å². The Morgan fingerprint density at radius 3 is 2.55 bits per heavy atom. The Balaban J connectivity index is 1.39. The lowest BCUT2D eigenvalue weighted by Crippen LogP contribution is -2.43. The molecule has 1 unspecified atom stereocenters. The quantitative estimate of drug-likeness (QED) is 0.768. The SMILES string of the molecule is O=C(Nc1ccc(CCC(F)(F)F)cc1)C1CCCN1C(=O)c1ccc2c(c1)OCO2. The van der Waals surface area contributed by atoms with Crippen molar-refractivity contribution < 1.29 is 32.2 Å². The molecule has 2 aromatic rings. The molecule has 1 saturated heterocycles. The second-order valence-corrected chi connectivity index (χ2v) is 7.53. The second-order valence-electron chi connectivity index (χ2n) is 7.53. The number of hydrogen-bond donors (Lipinski definition) is 1. The third-order valence-electron chi connectivity index (χ3n) is 5.35. The van der Waals surface area contributed by atoms with Gasteiger partial charge in [-0.2, -0.15) is 13.2 Å². The normalized spacial score (nSPS) is 17.6. The van der Waals surface area contributed by atoms with E-state index < -0.39 is 18.6 Å². The molecule has 2 aromatic carbocycles. The highest BCUT2D eigenvalue weighted by Gasteiger charge is 2.35. The minimum atomic E-state index is -4.21. The maximum Gasteiger partial charge on any atom is 0.389 e. The highest BCUT2D eigenvalue weighted by molar-refractivity contribution is 6.01. The predicted octanol–water partition coefficient (Wildman–Crippen LogP) is 4.15. The average Bonchev–Trinajstić information content (AvgIpc) is 3.41. The van der Waals surface area contributed by atoms with Gasteiger partial charge in [-0.15, -0.1) is 0 Å². The van der Waals surface area contributed by atoms with Crippen LogP contribution in [0.25, 0.3) is 0 Å². The monoisotopic (exact) mass is 434 g/mol. The van der Waals surface area contributed by atoms with E-state index in [1.54, 1.807) is 42.5 Å².